The number of carbonyl (C=O) groups is 1. The van der Waals surface area contributed by atoms with Gasteiger partial charge in [0.25, 0.3) is 0 Å². The molecule has 1 saturated heterocycles. The minimum absolute atomic E-state index is 0.383. The topological polar surface area (TPSA) is 75.6 Å². The van der Waals surface area contributed by atoms with Gasteiger partial charge in [-0.1, -0.05) is 12.1 Å². The quantitative estimate of drug-likeness (QED) is 0.792. The number of nitrogens with two attached hydrogens (primary N) is 2. The van der Waals surface area contributed by atoms with Gasteiger partial charge in [0.05, 0.1) is 0 Å². The summed E-state index contributed by atoms with van der Waals surface area (Å²) in [7, 11) is 2.13. The third-order valence-electron chi connectivity index (χ3n) is 3.70. The van der Waals surface area contributed by atoms with Gasteiger partial charge in [0.2, 0.25) is 5.91 Å². The van der Waals surface area contributed by atoms with Gasteiger partial charge in [0, 0.05) is 44.3 Å². The summed E-state index contributed by atoms with van der Waals surface area (Å²) in [6.45, 7) is 4.64. The van der Waals surface area contributed by atoms with Crippen LogP contribution in [0, 0.1) is 0 Å². The molecule has 5 heteroatoms. The second-order valence-corrected chi connectivity index (χ2v) is 5.18. The van der Waals surface area contributed by atoms with E-state index in [9.17, 15) is 4.79 Å². The Labute approximate surface area is 114 Å². The van der Waals surface area contributed by atoms with Gasteiger partial charge in [-0.05, 0) is 24.7 Å². The van der Waals surface area contributed by atoms with Crippen LogP contribution in [0.1, 0.15) is 15.9 Å². The van der Waals surface area contributed by atoms with E-state index in [1.807, 2.05) is 12.1 Å². The highest BCUT2D eigenvalue weighted by Gasteiger charge is 2.23. The summed E-state index contributed by atoms with van der Waals surface area (Å²) in [6, 6.07) is 7.89. The summed E-state index contributed by atoms with van der Waals surface area (Å²) in [5, 5.41) is 0. The van der Waals surface area contributed by atoms with E-state index in [-0.39, 0.29) is 5.91 Å². The largest absolute Gasteiger partial charge is 0.366 e. The highest BCUT2D eigenvalue weighted by molar-refractivity contribution is 5.92. The van der Waals surface area contributed by atoms with Crippen LogP contribution in [0.25, 0.3) is 0 Å². The maximum atomic E-state index is 11.0. The van der Waals surface area contributed by atoms with Gasteiger partial charge >= 0.3 is 0 Å². The zero-order valence-corrected chi connectivity index (χ0v) is 11.4. The molecule has 1 atom stereocenters. The number of hydrogen-bond acceptors (Lipinski definition) is 4. The molecule has 5 nitrogen and oxygen atoms in total. The van der Waals surface area contributed by atoms with Crippen LogP contribution in [0.15, 0.2) is 24.3 Å². The van der Waals surface area contributed by atoms with Crippen molar-refractivity contribution in [1.82, 2.24) is 9.80 Å². The molecule has 104 valence electrons. The predicted molar refractivity (Wildman–Crippen MR) is 75.7 cm³/mol. The zero-order chi connectivity index (χ0) is 13.8. The molecule has 0 bridgehead atoms. The first-order valence-corrected chi connectivity index (χ1v) is 6.61. The number of hydrogen-bond donors (Lipinski definition) is 2. The molecule has 1 aromatic carbocycles. The van der Waals surface area contributed by atoms with Gasteiger partial charge in [-0.15, -0.1) is 0 Å². The molecular formula is C14H22N4O. The molecule has 0 saturated carbocycles. The standard InChI is InChI=1S/C14H22N4O/c1-17-6-7-18(13(8-15)10-17)9-11-2-4-12(5-3-11)14(16)19/h2-5,13H,6-10,15H2,1H3,(H2,16,19). The first kappa shape index (κ1) is 14.0. The van der Waals surface area contributed by atoms with Crippen molar-refractivity contribution in [2.45, 2.75) is 12.6 Å². The van der Waals surface area contributed by atoms with Crippen molar-refractivity contribution in [3.05, 3.63) is 35.4 Å². The van der Waals surface area contributed by atoms with Crippen molar-refractivity contribution in [3.63, 3.8) is 0 Å². The minimum Gasteiger partial charge on any atom is -0.366 e. The van der Waals surface area contributed by atoms with E-state index in [2.05, 4.69) is 16.8 Å². The highest BCUT2D eigenvalue weighted by atomic mass is 16.1. The van der Waals surface area contributed by atoms with Crippen LogP contribution in [0.2, 0.25) is 0 Å². The smallest absolute Gasteiger partial charge is 0.248 e. The first-order valence-electron chi connectivity index (χ1n) is 6.61. The van der Waals surface area contributed by atoms with Crippen molar-refractivity contribution in [1.29, 1.82) is 0 Å². The first-order chi connectivity index (χ1) is 9.10. The molecule has 4 N–H and O–H groups in total. The molecule has 1 aromatic rings. The molecule has 0 aliphatic carbocycles. The van der Waals surface area contributed by atoms with E-state index in [0.29, 0.717) is 18.2 Å². The lowest BCUT2D eigenvalue weighted by Crippen LogP contribution is -2.54. The molecule has 1 aliphatic rings. The molecule has 2 rings (SSSR count). The predicted octanol–water partition coefficient (Wildman–Crippen LogP) is -0.140. The molecular weight excluding hydrogens is 240 g/mol. The van der Waals surface area contributed by atoms with Crippen molar-refractivity contribution in [3.8, 4) is 0 Å². The SMILES string of the molecule is CN1CCN(Cc2ccc(C(N)=O)cc2)C(CN)C1. The fraction of sp³-hybridized carbons (Fsp3) is 0.500. The number of benzene rings is 1. The zero-order valence-electron chi connectivity index (χ0n) is 11.4. The van der Waals surface area contributed by atoms with E-state index >= 15 is 0 Å². The van der Waals surface area contributed by atoms with E-state index < -0.39 is 0 Å². The van der Waals surface area contributed by atoms with Crippen LogP contribution >= 0.6 is 0 Å². The molecule has 1 unspecified atom stereocenters. The Morgan fingerprint density at radius 2 is 2.00 bits per heavy atom. The third-order valence-corrected chi connectivity index (χ3v) is 3.70. The second-order valence-electron chi connectivity index (χ2n) is 5.18. The highest BCUT2D eigenvalue weighted by Crippen LogP contribution is 2.13. The van der Waals surface area contributed by atoms with Gasteiger partial charge in [-0.2, -0.15) is 0 Å². The minimum atomic E-state index is -0.383. The number of rotatable bonds is 4. The summed E-state index contributed by atoms with van der Waals surface area (Å²) < 4.78 is 0. The van der Waals surface area contributed by atoms with E-state index in [1.54, 1.807) is 12.1 Å². The Balaban J connectivity index is 2.01. The molecule has 1 fully saturated rings. The Hall–Kier alpha value is -1.43. The van der Waals surface area contributed by atoms with Gasteiger partial charge in [-0.3, -0.25) is 9.69 Å². The number of likely N-dealkylation sites (N-methyl/N-ethyl adjacent to an activating group) is 1. The number of nitrogens with zero attached hydrogens (tertiary/aromatic N) is 2. The summed E-state index contributed by atoms with van der Waals surface area (Å²) in [6.07, 6.45) is 0. The van der Waals surface area contributed by atoms with Crippen LogP contribution in [-0.4, -0.2) is 55.0 Å². The average molecular weight is 262 g/mol. The number of amides is 1. The summed E-state index contributed by atoms with van der Waals surface area (Å²) in [5.41, 5.74) is 12.8. The van der Waals surface area contributed by atoms with Crippen molar-refractivity contribution in [2.75, 3.05) is 33.2 Å². The van der Waals surface area contributed by atoms with Gasteiger partial charge in [0.1, 0.15) is 0 Å². The summed E-state index contributed by atoms with van der Waals surface area (Å²) in [4.78, 5) is 15.7. The maximum Gasteiger partial charge on any atom is 0.248 e. The average Bonchev–Trinajstić information content (AvgIpc) is 2.41. The monoisotopic (exact) mass is 262 g/mol. The number of primary amides is 1. The Morgan fingerprint density at radius 3 is 2.58 bits per heavy atom. The number of carbonyl (C=O) groups excluding carboxylic acids is 1. The van der Waals surface area contributed by atoms with Gasteiger partial charge < -0.3 is 16.4 Å². The van der Waals surface area contributed by atoms with Crippen LogP contribution in [0.4, 0.5) is 0 Å². The lowest BCUT2D eigenvalue weighted by atomic mass is 10.1. The van der Waals surface area contributed by atoms with E-state index in [4.69, 9.17) is 11.5 Å². The molecule has 1 heterocycles. The molecule has 19 heavy (non-hydrogen) atoms. The molecule has 0 aromatic heterocycles. The Bertz CT molecular complexity index is 432. The third kappa shape index (κ3) is 3.53. The number of piperazine rings is 1. The molecule has 1 aliphatic heterocycles. The van der Waals surface area contributed by atoms with Crippen molar-refractivity contribution < 1.29 is 4.79 Å². The fourth-order valence-corrected chi connectivity index (χ4v) is 2.49. The summed E-state index contributed by atoms with van der Waals surface area (Å²) >= 11 is 0. The molecule has 1 amide bonds. The Kier molecular flexibility index (Phi) is 4.52. The van der Waals surface area contributed by atoms with Crippen LogP contribution in [-0.2, 0) is 6.54 Å². The van der Waals surface area contributed by atoms with E-state index in [0.717, 1.165) is 26.2 Å². The maximum absolute atomic E-state index is 11.0. The lowest BCUT2D eigenvalue weighted by Gasteiger charge is -2.39. The van der Waals surface area contributed by atoms with Crippen molar-refractivity contribution in [2.24, 2.45) is 11.5 Å². The normalized spacial score (nSPS) is 21.5. The molecule has 0 radical (unpaired) electrons. The Morgan fingerprint density at radius 1 is 1.32 bits per heavy atom. The summed E-state index contributed by atoms with van der Waals surface area (Å²) in [5.74, 6) is -0.383. The lowest BCUT2D eigenvalue weighted by molar-refractivity contribution is 0.0880. The van der Waals surface area contributed by atoms with Gasteiger partial charge in [0.15, 0.2) is 0 Å². The van der Waals surface area contributed by atoms with E-state index in [1.165, 1.54) is 5.56 Å². The fourth-order valence-electron chi connectivity index (χ4n) is 2.49. The second kappa shape index (κ2) is 6.14. The van der Waals surface area contributed by atoms with Gasteiger partial charge in [-0.25, -0.2) is 0 Å². The van der Waals surface area contributed by atoms with Crippen molar-refractivity contribution >= 4 is 5.91 Å². The molecule has 0 spiro atoms. The van der Waals surface area contributed by atoms with Crippen LogP contribution in [0.5, 0.6) is 0 Å². The van der Waals surface area contributed by atoms with Crippen LogP contribution < -0.4 is 11.5 Å². The van der Waals surface area contributed by atoms with Crippen LogP contribution in [0.3, 0.4) is 0 Å².